The molecule has 0 aliphatic carbocycles. The zero-order valence-corrected chi connectivity index (χ0v) is 15.9. The minimum Gasteiger partial charge on any atom is -0.377 e. The van der Waals surface area contributed by atoms with E-state index < -0.39 is 11.7 Å². The number of aromatic amines is 1. The largest absolute Gasteiger partial charge is 0.377 e. The van der Waals surface area contributed by atoms with Crippen molar-refractivity contribution in [2.24, 2.45) is 0 Å². The van der Waals surface area contributed by atoms with Crippen LogP contribution in [0.25, 0.3) is 10.9 Å². The molecule has 1 aliphatic heterocycles. The highest BCUT2D eigenvalue weighted by Crippen LogP contribution is 2.22. The van der Waals surface area contributed by atoms with Gasteiger partial charge in [-0.15, -0.1) is 0 Å². The number of ether oxygens (including phenoxy) is 1. The number of benzene rings is 2. The maximum absolute atomic E-state index is 13.7. The first kappa shape index (κ1) is 19.1. The summed E-state index contributed by atoms with van der Waals surface area (Å²) in [7, 11) is 0. The lowest BCUT2D eigenvalue weighted by atomic mass is 10.0. The van der Waals surface area contributed by atoms with Gasteiger partial charge in [0.1, 0.15) is 5.82 Å². The van der Waals surface area contributed by atoms with E-state index in [-0.39, 0.29) is 24.1 Å². The number of morpholine rings is 1. The lowest BCUT2D eigenvalue weighted by molar-refractivity contribution is -0.138. The normalized spacial score (nSPS) is 16.7. The number of hydrogen-bond acceptors (Lipinski definition) is 3. The highest BCUT2D eigenvalue weighted by atomic mass is 19.1. The quantitative estimate of drug-likeness (QED) is 0.697. The minimum absolute atomic E-state index is 0.0716. The number of carbonyl (C=O) groups excluding carboxylic acids is 2. The number of carbonyl (C=O) groups is 2. The molecule has 7 heteroatoms. The van der Waals surface area contributed by atoms with Gasteiger partial charge in [-0.25, -0.2) is 4.39 Å². The Morgan fingerprint density at radius 3 is 2.83 bits per heavy atom. The smallest absolute Gasteiger partial charge is 0.254 e. The van der Waals surface area contributed by atoms with Crippen molar-refractivity contribution in [3.05, 3.63) is 71.7 Å². The molecule has 1 saturated heterocycles. The fourth-order valence-corrected chi connectivity index (χ4v) is 3.70. The van der Waals surface area contributed by atoms with Gasteiger partial charge in [-0.1, -0.05) is 30.3 Å². The summed E-state index contributed by atoms with van der Waals surface area (Å²) in [6.45, 7) is 1.17. The van der Waals surface area contributed by atoms with E-state index in [0.29, 0.717) is 26.2 Å². The Balaban J connectivity index is 1.42. The van der Waals surface area contributed by atoms with Crippen LogP contribution in [-0.4, -0.2) is 54.0 Å². The van der Waals surface area contributed by atoms with Crippen molar-refractivity contribution in [1.82, 2.24) is 15.2 Å². The second-order valence-corrected chi connectivity index (χ2v) is 7.04. The van der Waals surface area contributed by atoms with Gasteiger partial charge >= 0.3 is 0 Å². The summed E-state index contributed by atoms with van der Waals surface area (Å²) in [6.07, 6.45) is 2.61. The van der Waals surface area contributed by atoms with Crippen molar-refractivity contribution in [1.29, 1.82) is 0 Å². The van der Waals surface area contributed by atoms with Crippen molar-refractivity contribution in [2.75, 3.05) is 26.3 Å². The van der Waals surface area contributed by atoms with Gasteiger partial charge in [0, 0.05) is 23.6 Å². The molecule has 1 atom stereocenters. The molecule has 0 saturated carbocycles. The molecule has 1 fully saturated rings. The highest BCUT2D eigenvalue weighted by molar-refractivity contribution is 5.96. The van der Waals surface area contributed by atoms with Crippen LogP contribution in [-0.2, 0) is 16.0 Å². The van der Waals surface area contributed by atoms with Crippen LogP contribution < -0.4 is 5.32 Å². The van der Waals surface area contributed by atoms with Crippen molar-refractivity contribution in [2.45, 2.75) is 12.5 Å². The van der Waals surface area contributed by atoms with Crippen LogP contribution in [0.3, 0.4) is 0 Å². The number of para-hydroxylation sites is 1. The van der Waals surface area contributed by atoms with Crippen LogP contribution in [0.4, 0.5) is 4.39 Å². The van der Waals surface area contributed by atoms with Gasteiger partial charge in [0.25, 0.3) is 5.91 Å². The van der Waals surface area contributed by atoms with E-state index in [1.165, 1.54) is 18.2 Å². The molecule has 2 N–H and O–H groups in total. The van der Waals surface area contributed by atoms with Crippen LogP contribution in [0, 0.1) is 5.82 Å². The van der Waals surface area contributed by atoms with Gasteiger partial charge in [-0.3, -0.25) is 9.59 Å². The lowest BCUT2D eigenvalue weighted by Crippen LogP contribution is -2.52. The van der Waals surface area contributed by atoms with Crippen LogP contribution in [0.15, 0.2) is 54.7 Å². The van der Waals surface area contributed by atoms with Gasteiger partial charge < -0.3 is 19.9 Å². The van der Waals surface area contributed by atoms with E-state index in [1.807, 2.05) is 30.5 Å². The average Bonchev–Trinajstić information content (AvgIpc) is 3.15. The Morgan fingerprint density at radius 1 is 1.17 bits per heavy atom. The number of aromatic nitrogens is 1. The average molecular weight is 395 g/mol. The Kier molecular flexibility index (Phi) is 5.57. The van der Waals surface area contributed by atoms with Crippen LogP contribution in [0.5, 0.6) is 0 Å². The molecule has 1 unspecified atom stereocenters. The van der Waals surface area contributed by atoms with E-state index in [0.717, 1.165) is 16.5 Å². The van der Waals surface area contributed by atoms with E-state index in [1.54, 1.807) is 11.0 Å². The lowest BCUT2D eigenvalue weighted by Gasteiger charge is -2.35. The van der Waals surface area contributed by atoms with Crippen molar-refractivity contribution >= 4 is 22.7 Å². The zero-order valence-electron chi connectivity index (χ0n) is 15.9. The van der Waals surface area contributed by atoms with Gasteiger partial charge in [0.2, 0.25) is 5.91 Å². The number of fused-ring (bicyclic) bond motifs is 1. The molecule has 150 valence electrons. The number of rotatable bonds is 5. The van der Waals surface area contributed by atoms with Crippen LogP contribution in [0.1, 0.15) is 15.9 Å². The van der Waals surface area contributed by atoms with Crippen molar-refractivity contribution < 1.29 is 18.7 Å². The molecule has 0 radical (unpaired) electrons. The molecule has 4 rings (SSSR count). The summed E-state index contributed by atoms with van der Waals surface area (Å²) < 4.78 is 19.3. The number of halogens is 1. The predicted molar refractivity (Wildman–Crippen MR) is 107 cm³/mol. The van der Waals surface area contributed by atoms with E-state index in [4.69, 9.17) is 4.74 Å². The topological polar surface area (TPSA) is 74.4 Å². The molecule has 1 aliphatic rings. The van der Waals surface area contributed by atoms with Crippen molar-refractivity contribution in [3.63, 3.8) is 0 Å². The predicted octanol–water partition coefficient (Wildman–Crippen LogP) is 2.51. The summed E-state index contributed by atoms with van der Waals surface area (Å²) in [5.41, 5.74) is 2.09. The SMILES string of the molecule is O=C(NCC(=O)N1CCOCC1Cc1c[nH]c2ccccc12)c1ccccc1F. The molecular formula is C22H22FN3O3. The number of H-pyrrole nitrogens is 1. The molecule has 0 spiro atoms. The molecule has 3 aromatic rings. The van der Waals surface area contributed by atoms with Gasteiger partial charge in [-0.2, -0.15) is 0 Å². The zero-order chi connectivity index (χ0) is 20.2. The first-order chi connectivity index (χ1) is 14.1. The Hall–Kier alpha value is -3.19. The Labute approximate surface area is 167 Å². The maximum Gasteiger partial charge on any atom is 0.254 e. The van der Waals surface area contributed by atoms with Gasteiger partial charge in [0.15, 0.2) is 0 Å². The Bertz CT molecular complexity index is 1030. The summed E-state index contributed by atoms with van der Waals surface area (Å²) in [6, 6.07) is 13.6. The molecule has 29 heavy (non-hydrogen) atoms. The molecule has 2 aromatic carbocycles. The van der Waals surface area contributed by atoms with E-state index >= 15 is 0 Å². The van der Waals surface area contributed by atoms with E-state index in [2.05, 4.69) is 10.3 Å². The first-order valence-electron chi connectivity index (χ1n) is 9.58. The number of hydrogen-bond donors (Lipinski definition) is 2. The fraction of sp³-hybridized carbons (Fsp3) is 0.273. The second-order valence-electron chi connectivity index (χ2n) is 7.04. The standard InChI is InChI=1S/C22H22FN3O3/c23-19-7-3-1-6-18(19)22(28)25-13-21(27)26-9-10-29-14-16(26)11-15-12-24-20-8-4-2-5-17(15)20/h1-8,12,16,24H,9-11,13-14H2,(H,25,28). The molecule has 2 heterocycles. The second kappa shape index (κ2) is 8.45. The summed E-state index contributed by atoms with van der Waals surface area (Å²) >= 11 is 0. The van der Waals surface area contributed by atoms with Crippen molar-refractivity contribution in [3.8, 4) is 0 Å². The van der Waals surface area contributed by atoms with Crippen LogP contribution in [0.2, 0.25) is 0 Å². The third-order valence-corrected chi connectivity index (χ3v) is 5.20. The monoisotopic (exact) mass is 395 g/mol. The van der Waals surface area contributed by atoms with Gasteiger partial charge in [0.05, 0.1) is 31.4 Å². The molecule has 2 amide bonds. The number of nitrogens with one attached hydrogen (secondary N) is 2. The molecule has 6 nitrogen and oxygen atoms in total. The Morgan fingerprint density at radius 2 is 1.97 bits per heavy atom. The summed E-state index contributed by atoms with van der Waals surface area (Å²) in [4.78, 5) is 30.0. The summed E-state index contributed by atoms with van der Waals surface area (Å²) in [5, 5.41) is 3.65. The number of nitrogens with zero attached hydrogens (tertiary/aromatic N) is 1. The van der Waals surface area contributed by atoms with Gasteiger partial charge in [-0.05, 0) is 30.2 Å². The van der Waals surface area contributed by atoms with E-state index in [9.17, 15) is 14.0 Å². The highest BCUT2D eigenvalue weighted by Gasteiger charge is 2.28. The molecular weight excluding hydrogens is 373 g/mol. The third kappa shape index (κ3) is 4.14. The maximum atomic E-state index is 13.7. The van der Waals surface area contributed by atoms with Crippen LogP contribution >= 0.6 is 0 Å². The fourth-order valence-electron chi connectivity index (χ4n) is 3.70. The molecule has 1 aromatic heterocycles. The molecule has 0 bridgehead atoms. The first-order valence-corrected chi connectivity index (χ1v) is 9.58. The minimum atomic E-state index is -0.610. The summed E-state index contributed by atoms with van der Waals surface area (Å²) in [5.74, 6) is -1.42. The third-order valence-electron chi connectivity index (χ3n) is 5.20. The number of amides is 2.